The first-order valence-corrected chi connectivity index (χ1v) is 6.80. The highest BCUT2D eigenvalue weighted by molar-refractivity contribution is 5.29. The molecule has 2 aromatic carbocycles. The maximum atomic E-state index is 13.7. The van der Waals surface area contributed by atoms with E-state index in [0.717, 1.165) is 23.4 Å². The summed E-state index contributed by atoms with van der Waals surface area (Å²) in [5, 5.41) is 9.49. The second-order valence-electron chi connectivity index (χ2n) is 5.04. The Morgan fingerprint density at radius 2 is 1.90 bits per heavy atom. The predicted molar refractivity (Wildman–Crippen MR) is 77.3 cm³/mol. The molecule has 0 heterocycles. The van der Waals surface area contributed by atoms with E-state index >= 15 is 0 Å². The van der Waals surface area contributed by atoms with E-state index in [0.29, 0.717) is 6.42 Å². The summed E-state index contributed by atoms with van der Waals surface area (Å²) in [5.74, 6) is -0.348. The molecule has 0 saturated carbocycles. The van der Waals surface area contributed by atoms with Crippen molar-refractivity contribution in [3.05, 3.63) is 65.2 Å². The Kier molecular flexibility index (Phi) is 5.28. The summed E-state index contributed by atoms with van der Waals surface area (Å²) >= 11 is 0. The predicted octanol–water partition coefficient (Wildman–Crippen LogP) is 3.37. The molecule has 112 valence electrons. The zero-order valence-electron chi connectivity index (χ0n) is 11.9. The van der Waals surface area contributed by atoms with Gasteiger partial charge in [0.2, 0.25) is 0 Å². The number of hydrogen-bond acceptors (Lipinski definition) is 2. The summed E-state index contributed by atoms with van der Waals surface area (Å²) in [6.45, 7) is -0.0901. The lowest BCUT2D eigenvalue weighted by Crippen LogP contribution is -2.14. The van der Waals surface area contributed by atoms with Crippen LogP contribution in [0.3, 0.4) is 0 Å². The number of benzene rings is 2. The molecule has 1 N–H and O–H groups in total. The van der Waals surface area contributed by atoms with Crippen LogP contribution in [0.5, 0.6) is 5.75 Å². The second kappa shape index (κ2) is 7.18. The second-order valence-corrected chi connectivity index (χ2v) is 5.04. The minimum Gasteiger partial charge on any atom is -0.497 e. The maximum Gasteiger partial charge on any atom is 0.126 e. The van der Waals surface area contributed by atoms with Gasteiger partial charge in [-0.1, -0.05) is 12.1 Å². The van der Waals surface area contributed by atoms with Gasteiger partial charge in [0.15, 0.2) is 0 Å². The van der Waals surface area contributed by atoms with Gasteiger partial charge in [-0.25, -0.2) is 8.78 Å². The van der Waals surface area contributed by atoms with Gasteiger partial charge in [0, 0.05) is 6.61 Å². The molecule has 1 atom stereocenters. The highest BCUT2D eigenvalue weighted by atomic mass is 19.1. The zero-order valence-corrected chi connectivity index (χ0v) is 11.9. The molecule has 2 rings (SSSR count). The topological polar surface area (TPSA) is 29.5 Å². The van der Waals surface area contributed by atoms with Gasteiger partial charge >= 0.3 is 0 Å². The summed E-state index contributed by atoms with van der Waals surface area (Å²) in [6, 6.07) is 10.9. The minimum atomic E-state index is -0.468. The van der Waals surface area contributed by atoms with Crippen molar-refractivity contribution in [3.63, 3.8) is 0 Å². The van der Waals surface area contributed by atoms with Gasteiger partial charge in [-0.05, 0) is 60.2 Å². The van der Waals surface area contributed by atoms with Crippen LogP contribution in [0.15, 0.2) is 42.5 Å². The third-order valence-electron chi connectivity index (χ3n) is 3.43. The van der Waals surface area contributed by atoms with E-state index in [1.807, 2.05) is 24.3 Å². The van der Waals surface area contributed by atoms with Crippen molar-refractivity contribution in [1.29, 1.82) is 0 Å². The van der Waals surface area contributed by atoms with Crippen LogP contribution in [-0.4, -0.2) is 18.8 Å². The van der Waals surface area contributed by atoms with Crippen molar-refractivity contribution >= 4 is 0 Å². The van der Waals surface area contributed by atoms with Crippen molar-refractivity contribution in [2.24, 2.45) is 5.92 Å². The molecular weight excluding hydrogens is 274 g/mol. The lowest BCUT2D eigenvalue weighted by Gasteiger charge is -2.15. The van der Waals surface area contributed by atoms with Crippen molar-refractivity contribution in [2.45, 2.75) is 12.8 Å². The van der Waals surface area contributed by atoms with Crippen LogP contribution in [0, 0.1) is 17.6 Å². The number of rotatable bonds is 6. The Bertz CT molecular complexity index is 599. The lowest BCUT2D eigenvalue weighted by atomic mass is 9.93. The highest BCUT2D eigenvalue weighted by Gasteiger charge is 2.14. The third-order valence-corrected chi connectivity index (χ3v) is 3.43. The van der Waals surface area contributed by atoms with Crippen LogP contribution in [-0.2, 0) is 12.8 Å². The van der Waals surface area contributed by atoms with Gasteiger partial charge in [-0.2, -0.15) is 0 Å². The van der Waals surface area contributed by atoms with E-state index < -0.39 is 11.6 Å². The summed E-state index contributed by atoms with van der Waals surface area (Å²) in [5.41, 5.74) is 1.28. The first-order chi connectivity index (χ1) is 10.1. The Morgan fingerprint density at radius 3 is 2.62 bits per heavy atom. The Hall–Kier alpha value is -1.94. The van der Waals surface area contributed by atoms with Gasteiger partial charge in [0.1, 0.15) is 17.4 Å². The molecule has 0 bridgehead atoms. The molecule has 0 amide bonds. The van der Waals surface area contributed by atoms with E-state index in [1.54, 1.807) is 7.11 Å². The molecule has 0 fully saturated rings. The van der Waals surface area contributed by atoms with Crippen molar-refractivity contribution in [1.82, 2.24) is 0 Å². The number of aliphatic hydroxyl groups excluding tert-OH is 1. The van der Waals surface area contributed by atoms with Crippen molar-refractivity contribution in [2.75, 3.05) is 13.7 Å². The summed E-state index contributed by atoms with van der Waals surface area (Å²) < 4.78 is 32.0. The van der Waals surface area contributed by atoms with Crippen LogP contribution >= 0.6 is 0 Å². The first-order valence-electron chi connectivity index (χ1n) is 6.80. The number of hydrogen-bond donors (Lipinski definition) is 1. The average Bonchev–Trinajstić information content (AvgIpc) is 2.50. The van der Waals surface area contributed by atoms with Crippen LogP contribution in [0.1, 0.15) is 11.1 Å². The first kappa shape index (κ1) is 15.4. The van der Waals surface area contributed by atoms with Gasteiger partial charge in [-0.3, -0.25) is 0 Å². The van der Waals surface area contributed by atoms with Crippen LogP contribution in [0.4, 0.5) is 8.78 Å². The largest absolute Gasteiger partial charge is 0.497 e. The molecule has 1 unspecified atom stereocenters. The van der Waals surface area contributed by atoms with E-state index in [2.05, 4.69) is 0 Å². The Morgan fingerprint density at radius 1 is 1.10 bits per heavy atom. The smallest absolute Gasteiger partial charge is 0.126 e. The molecule has 2 aromatic rings. The van der Waals surface area contributed by atoms with E-state index in [4.69, 9.17) is 4.74 Å². The quantitative estimate of drug-likeness (QED) is 0.884. The third kappa shape index (κ3) is 4.26. The Labute approximate surface area is 123 Å². The summed E-state index contributed by atoms with van der Waals surface area (Å²) in [6.07, 6.45) is 0.862. The molecule has 0 aliphatic carbocycles. The molecule has 0 aliphatic heterocycles. The summed E-state index contributed by atoms with van der Waals surface area (Å²) in [7, 11) is 1.59. The lowest BCUT2D eigenvalue weighted by molar-refractivity contribution is 0.224. The van der Waals surface area contributed by atoms with Gasteiger partial charge in [-0.15, -0.1) is 0 Å². The number of ether oxygens (including phenoxy) is 1. The minimum absolute atomic E-state index is 0.0901. The Balaban J connectivity index is 2.10. The molecule has 4 heteroatoms. The molecule has 0 aliphatic rings. The van der Waals surface area contributed by atoms with Crippen LogP contribution in [0.25, 0.3) is 0 Å². The van der Waals surface area contributed by atoms with Gasteiger partial charge in [0.25, 0.3) is 0 Å². The van der Waals surface area contributed by atoms with E-state index in [9.17, 15) is 13.9 Å². The standard InChI is InChI=1S/C17H18F2O2/c1-21-16-4-2-3-12(9-16)7-13(11-20)8-14-10-15(18)5-6-17(14)19/h2-6,9-10,13,20H,7-8,11H2,1H3. The van der Waals surface area contributed by atoms with Crippen molar-refractivity contribution in [3.8, 4) is 5.75 Å². The molecular formula is C17H18F2O2. The summed E-state index contributed by atoms with van der Waals surface area (Å²) in [4.78, 5) is 0. The fourth-order valence-electron chi connectivity index (χ4n) is 2.34. The number of halogens is 2. The van der Waals surface area contributed by atoms with Crippen LogP contribution < -0.4 is 4.74 Å². The zero-order chi connectivity index (χ0) is 15.2. The number of aliphatic hydroxyl groups is 1. The average molecular weight is 292 g/mol. The van der Waals surface area contributed by atoms with Crippen molar-refractivity contribution < 1.29 is 18.6 Å². The molecule has 0 aromatic heterocycles. The fraction of sp³-hybridized carbons (Fsp3) is 0.294. The molecule has 0 radical (unpaired) electrons. The monoisotopic (exact) mass is 292 g/mol. The molecule has 0 saturated heterocycles. The molecule has 2 nitrogen and oxygen atoms in total. The van der Waals surface area contributed by atoms with E-state index in [-0.39, 0.29) is 24.5 Å². The van der Waals surface area contributed by atoms with Crippen LogP contribution in [0.2, 0.25) is 0 Å². The molecule has 0 spiro atoms. The SMILES string of the molecule is COc1cccc(CC(CO)Cc2cc(F)ccc2F)c1. The maximum absolute atomic E-state index is 13.7. The number of methoxy groups -OCH3 is 1. The van der Waals surface area contributed by atoms with Gasteiger partial charge < -0.3 is 9.84 Å². The fourth-order valence-corrected chi connectivity index (χ4v) is 2.34. The highest BCUT2D eigenvalue weighted by Crippen LogP contribution is 2.20. The van der Waals surface area contributed by atoms with E-state index in [1.165, 1.54) is 6.07 Å². The molecule has 21 heavy (non-hydrogen) atoms. The normalized spacial score (nSPS) is 12.2. The van der Waals surface area contributed by atoms with Gasteiger partial charge in [0.05, 0.1) is 7.11 Å².